The maximum absolute atomic E-state index is 10.4. The van der Waals surface area contributed by atoms with Crippen molar-refractivity contribution in [1.82, 2.24) is 15.0 Å². The fraction of sp³-hybridized carbons (Fsp3) is 0.250. The molecule has 0 saturated carbocycles. The van der Waals surface area contributed by atoms with Gasteiger partial charge in [0.2, 0.25) is 0 Å². The lowest BCUT2D eigenvalue weighted by atomic mass is 10.2. The minimum Gasteiger partial charge on any atom is -0.508 e. The van der Waals surface area contributed by atoms with Gasteiger partial charge in [-0.2, -0.15) is 0 Å². The molecular weight excluding hydrogens is 234 g/mol. The van der Waals surface area contributed by atoms with E-state index in [1.54, 1.807) is 29.1 Å². The van der Waals surface area contributed by atoms with E-state index in [1.165, 1.54) is 0 Å². The number of hydrogen-bond donors (Lipinski definition) is 2. The first-order chi connectivity index (χ1) is 8.63. The number of phenols is 1. The zero-order valence-corrected chi connectivity index (χ0v) is 9.65. The van der Waals surface area contributed by atoms with Gasteiger partial charge >= 0.3 is 5.97 Å². The normalized spacial score (nSPS) is 10.4. The first-order valence-corrected chi connectivity index (χ1v) is 5.52. The van der Waals surface area contributed by atoms with E-state index in [9.17, 15) is 9.90 Å². The fourth-order valence-corrected chi connectivity index (χ4v) is 1.61. The van der Waals surface area contributed by atoms with Gasteiger partial charge in [-0.1, -0.05) is 17.3 Å². The summed E-state index contributed by atoms with van der Waals surface area (Å²) in [7, 11) is 0. The average molecular weight is 247 g/mol. The van der Waals surface area contributed by atoms with Gasteiger partial charge in [0, 0.05) is 12.6 Å². The molecule has 1 aromatic heterocycles. The Hall–Kier alpha value is -2.37. The van der Waals surface area contributed by atoms with Crippen molar-refractivity contribution >= 4 is 5.97 Å². The molecule has 2 N–H and O–H groups in total. The predicted octanol–water partition coefficient (Wildman–Crippen LogP) is 1.05. The maximum atomic E-state index is 10.4. The van der Waals surface area contributed by atoms with Crippen molar-refractivity contribution in [2.45, 2.75) is 19.4 Å². The summed E-state index contributed by atoms with van der Waals surface area (Å²) in [5, 5.41) is 25.7. The lowest BCUT2D eigenvalue weighted by Gasteiger charge is -2.00. The van der Waals surface area contributed by atoms with E-state index in [-0.39, 0.29) is 12.2 Å². The molecule has 0 amide bonds. The zero-order valence-electron chi connectivity index (χ0n) is 9.65. The molecule has 6 nitrogen and oxygen atoms in total. The van der Waals surface area contributed by atoms with Gasteiger partial charge in [0.1, 0.15) is 5.75 Å². The van der Waals surface area contributed by atoms with E-state index >= 15 is 0 Å². The smallest absolute Gasteiger partial charge is 0.303 e. The lowest BCUT2D eigenvalue weighted by Crippen LogP contribution is -2.00. The third-order valence-corrected chi connectivity index (χ3v) is 2.44. The number of rotatable bonds is 5. The number of phenolic OH excluding ortho intramolecular Hbond substituents is 1. The van der Waals surface area contributed by atoms with Crippen LogP contribution < -0.4 is 0 Å². The number of aryl methyl sites for hydroxylation is 1. The molecule has 0 unspecified atom stereocenters. The topological polar surface area (TPSA) is 88.2 Å². The Kier molecular flexibility index (Phi) is 3.57. The van der Waals surface area contributed by atoms with E-state index < -0.39 is 5.97 Å². The molecule has 1 aromatic carbocycles. The fourth-order valence-electron chi connectivity index (χ4n) is 1.61. The molecule has 6 heteroatoms. The predicted molar refractivity (Wildman–Crippen MR) is 63.2 cm³/mol. The lowest BCUT2D eigenvalue weighted by molar-refractivity contribution is -0.136. The second kappa shape index (κ2) is 5.31. The Morgan fingerprint density at radius 3 is 2.94 bits per heavy atom. The Morgan fingerprint density at radius 1 is 1.39 bits per heavy atom. The molecule has 0 atom stereocenters. The molecule has 2 aromatic rings. The molecule has 0 radical (unpaired) electrons. The third kappa shape index (κ3) is 3.31. The van der Waals surface area contributed by atoms with Crippen LogP contribution in [0.2, 0.25) is 0 Å². The Labute approximate surface area is 103 Å². The van der Waals surface area contributed by atoms with Crippen LogP contribution in [0.4, 0.5) is 0 Å². The molecule has 0 spiro atoms. The second-order valence-corrected chi connectivity index (χ2v) is 3.97. The molecule has 0 bridgehead atoms. The summed E-state index contributed by atoms with van der Waals surface area (Å²) in [6, 6.07) is 6.88. The third-order valence-electron chi connectivity index (χ3n) is 2.44. The van der Waals surface area contributed by atoms with E-state index in [0.29, 0.717) is 18.7 Å². The Balaban J connectivity index is 2.00. The van der Waals surface area contributed by atoms with Gasteiger partial charge in [0.25, 0.3) is 0 Å². The van der Waals surface area contributed by atoms with Crippen LogP contribution in [0.5, 0.6) is 5.75 Å². The quantitative estimate of drug-likeness (QED) is 0.824. The largest absolute Gasteiger partial charge is 0.508 e. The molecule has 0 aliphatic rings. The number of nitrogens with zero attached hydrogens (tertiary/aromatic N) is 3. The van der Waals surface area contributed by atoms with Gasteiger partial charge in [-0.25, -0.2) is 4.68 Å². The van der Waals surface area contributed by atoms with Crippen LogP contribution >= 0.6 is 0 Å². The highest BCUT2D eigenvalue weighted by molar-refractivity contribution is 5.66. The molecular formula is C12H13N3O3. The van der Waals surface area contributed by atoms with E-state index in [4.69, 9.17) is 5.11 Å². The summed E-state index contributed by atoms with van der Waals surface area (Å²) in [4.78, 5) is 10.4. The van der Waals surface area contributed by atoms with Crippen LogP contribution in [-0.2, 0) is 17.8 Å². The van der Waals surface area contributed by atoms with Gasteiger partial charge in [-0.15, -0.1) is 5.10 Å². The van der Waals surface area contributed by atoms with Crippen LogP contribution in [0.3, 0.4) is 0 Å². The summed E-state index contributed by atoms with van der Waals surface area (Å²) in [5.74, 6) is -0.642. The Morgan fingerprint density at radius 2 is 2.22 bits per heavy atom. The molecule has 18 heavy (non-hydrogen) atoms. The number of aromatic nitrogens is 3. The summed E-state index contributed by atoms with van der Waals surface area (Å²) >= 11 is 0. The van der Waals surface area contributed by atoms with Crippen molar-refractivity contribution in [2.75, 3.05) is 0 Å². The van der Waals surface area contributed by atoms with Crippen LogP contribution in [0, 0.1) is 0 Å². The van der Waals surface area contributed by atoms with Crippen LogP contribution in [0.25, 0.3) is 0 Å². The number of hydrogen-bond acceptors (Lipinski definition) is 4. The van der Waals surface area contributed by atoms with Gasteiger partial charge in [0.05, 0.1) is 18.7 Å². The molecule has 0 aliphatic heterocycles. The molecule has 1 heterocycles. The van der Waals surface area contributed by atoms with Crippen molar-refractivity contribution in [3.8, 4) is 5.75 Å². The number of aliphatic carboxylic acids is 1. The number of carboxylic acid groups (broad SMARTS) is 1. The monoisotopic (exact) mass is 247 g/mol. The molecule has 0 saturated heterocycles. The highest BCUT2D eigenvalue weighted by Gasteiger charge is 2.04. The SMILES string of the molecule is O=C(O)CCc1cn(Cc2cccc(O)c2)nn1. The number of carboxylic acids is 1. The van der Waals surface area contributed by atoms with Crippen LogP contribution in [0.1, 0.15) is 17.7 Å². The van der Waals surface area contributed by atoms with E-state index in [2.05, 4.69) is 10.3 Å². The highest BCUT2D eigenvalue weighted by atomic mass is 16.4. The van der Waals surface area contributed by atoms with Gasteiger partial charge in [-0.05, 0) is 17.7 Å². The number of carbonyl (C=O) groups is 1. The Bertz CT molecular complexity index is 551. The summed E-state index contributed by atoms with van der Waals surface area (Å²) in [5.41, 5.74) is 1.56. The first kappa shape index (κ1) is 12.1. The average Bonchev–Trinajstić information content (AvgIpc) is 2.74. The van der Waals surface area contributed by atoms with Gasteiger partial charge in [-0.3, -0.25) is 4.79 Å². The van der Waals surface area contributed by atoms with Crippen molar-refractivity contribution in [1.29, 1.82) is 0 Å². The van der Waals surface area contributed by atoms with Crippen LogP contribution in [-0.4, -0.2) is 31.2 Å². The highest BCUT2D eigenvalue weighted by Crippen LogP contribution is 2.12. The van der Waals surface area contributed by atoms with Crippen molar-refractivity contribution < 1.29 is 15.0 Å². The molecule has 2 rings (SSSR count). The number of aromatic hydroxyl groups is 1. The molecule has 94 valence electrons. The van der Waals surface area contributed by atoms with Crippen molar-refractivity contribution in [3.05, 3.63) is 41.7 Å². The van der Waals surface area contributed by atoms with Gasteiger partial charge < -0.3 is 10.2 Å². The number of benzene rings is 1. The minimum atomic E-state index is -0.850. The van der Waals surface area contributed by atoms with E-state index in [0.717, 1.165) is 5.56 Å². The summed E-state index contributed by atoms with van der Waals surface area (Å²) in [6.45, 7) is 0.495. The van der Waals surface area contributed by atoms with Crippen molar-refractivity contribution in [2.24, 2.45) is 0 Å². The molecule has 0 fully saturated rings. The summed E-state index contributed by atoms with van der Waals surface area (Å²) < 4.78 is 1.62. The van der Waals surface area contributed by atoms with Crippen molar-refractivity contribution in [3.63, 3.8) is 0 Å². The molecule has 0 aliphatic carbocycles. The minimum absolute atomic E-state index is 0.0464. The zero-order chi connectivity index (χ0) is 13.0. The second-order valence-electron chi connectivity index (χ2n) is 3.97. The van der Waals surface area contributed by atoms with E-state index in [1.807, 2.05) is 6.07 Å². The maximum Gasteiger partial charge on any atom is 0.303 e. The van der Waals surface area contributed by atoms with Gasteiger partial charge in [0.15, 0.2) is 0 Å². The standard InChI is InChI=1S/C12H13N3O3/c16-11-3-1-2-9(6-11)7-15-8-10(13-14-15)4-5-12(17)18/h1-3,6,8,16H,4-5,7H2,(H,17,18). The first-order valence-electron chi connectivity index (χ1n) is 5.52. The van der Waals surface area contributed by atoms with Crippen LogP contribution in [0.15, 0.2) is 30.5 Å². The summed E-state index contributed by atoms with van der Waals surface area (Å²) in [6.07, 6.45) is 2.13.